The fourth-order valence-electron chi connectivity index (χ4n) is 3.92. The average molecular weight is 572 g/mol. The number of hydrogen-bond donors (Lipinski definition) is 2. The van der Waals surface area contributed by atoms with Gasteiger partial charge in [0.2, 0.25) is 0 Å². The van der Waals surface area contributed by atoms with Gasteiger partial charge in [-0.05, 0) is 49.2 Å². The zero-order chi connectivity index (χ0) is 28.7. The number of methoxy groups -OCH3 is 2. The number of carbonyl (C=O) groups is 1. The average Bonchev–Trinajstić information content (AvgIpc) is 3.43. The van der Waals surface area contributed by atoms with E-state index in [0.717, 1.165) is 5.56 Å². The van der Waals surface area contributed by atoms with E-state index in [2.05, 4.69) is 10.1 Å². The molecule has 0 aliphatic carbocycles. The van der Waals surface area contributed by atoms with Crippen molar-refractivity contribution in [1.29, 1.82) is 0 Å². The largest absolute Gasteiger partial charge is 0.497 e. The first-order chi connectivity index (χ1) is 19.2. The number of esters is 1. The highest BCUT2D eigenvalue weighted by Crippen LogP contribution is 2.46. The molecule has 0 amide bonds. The predicted molar refractivity (Wildman–Crippen MR) is 145 cm³/mol. The molecule has 4 atom stereocenters. The molecule has 2 aromatic carbocycles. The topological polar surface area (TPSA) is 147 Å². The van der Waals surface area contributed by atoms with E-state index >= 15 is 0 Å². The Morgan fingerprint density at radius 1 is 1.07 bits per heavy atom. The molecule has 4 rings (SSSR count). The number of rotatable bonds is 12. The van der Waals surface area contributed by atoms with Crippen LogP contribution in [0.5, 0.6) is 11.5 Å². The molecule has 0 fully saturated rings. The minimum atomic E-state index is -4.21. The third kappa shape index (κ3) is 7.36. The number of H-pyrrole nitrogens is 1. The molecule has 2 N–H and O–H groups in total. The predicted octanol–water partition coefficient (Wildman–Crippen LogP) is 2.88. The van der Waals surface area contributed by atoms with Gasteiger partial charge in [-0.15, -0.1) is 0 Å². The first-order valence-electron chi connectivity index (χ1n) is 12.3. The highest BCUT2D eigenvalue weighted by Gasteiger charge is 2.36. The molecule has 0 bridgehead atoms. The maximum atomic E-state index is 14.0. The molecule has 0 spiro atoms. The van der Waals surface area contributed by atoms with Crippen molar-refractivity contribution >= 4 is 13.7 Å². The monoisotopic (exact) mass is 571 g/mol. The van der Waals surface area contributed by atoms with Crippen LogP contribution in [0.1, 0.15) is 17.4 Å². The lowest BCUT2D eigenvalue weighted by Crippen LogP contribution is -2.39. The zero-order valence-corrected chi connectivity index (χ0v) is 23.0. The van der Waals surface area contributed by atoms with Crippen LogP contribution < -0.4 is 25.6 Å². The summed E-state index contributed by atoms with van der Waals surface area (Å²) >= 11 is 0. The molecule has 0 saturated carbocycles. The van der Waals surface area contributed by atoms with E-state index in [1.807, 2.05) is 30.3 Å². The van der Waals surface area contributed by atoms with Crippen molar-refractivity contribution in [2.24, 2.45) is 0 Å². The second-order valence-electron chi connectivity index (χ2n) is 8.88. The molecule has 40 heavy (non-hydrogen) atoms. The van der Waals surface area contributed by atoms with Crippen molar-refractivity contribution in [2.45, 2.75) is 31.7 Å². The molecule has 3 aromatic rings. The summed E-state index contributed by atoms with van der Waals surface area (Å²) in [5.74, 6) is 0.114. The highest BCUT2D eigenvalue weighted by atomic mass is 31.2. The standard InChI is InChI=1S/C27H30N3O9P/c1-18-16-30(27(33)28-25(18)31)24-14-13-22(38-24)17-37-40(34,39-21-11-9-20(35-2)10-12-21)29-23(26(32)36-3)15-19-7-5-4-6-8-19/h4-14,16,22-24H,15,17H2,1-3H3,(H,29,34)(H,28,31,33)/t22-,23-,24+,40?/m0/s1. The molecule has 1 aromatic heterocycles. The van der Waals surface area contributed by atoms with Crippen LogP contribution in [-0.4, -0.2) is 48.5 Å². The number of nitrogens with zero attached hydrogens (tertiary/aromatic N) is 1. The Morgan fingerprint density at radius 2 is 1.77 bits per heavy atom. The minimum Gasteiger partial charge on any atom is -0.497 e. The van der Waals surface area contributed by atoms with Gasteiger partial charge in [-0.3, -0.25) is 23.7 Å². The van der Waals surface area contributed by atoms with Crippen molar-refractivity contribution in [3.8, 4) is 11.5 Å². The second-order valence-corrected chi connectivity index (χ2v) is 10.6. The summed E-state index contributed by atoms with van der Waals surface area (Å²) in [4.78, 5) is 38.8. The number of hydrogen-bond acceptors (Lipinski definition) is 9. The molecule has 1 aliphatic heterocycles. The second kappa shape index (κ2) is 12.9. The van der Waals surface area contributed by atoms with Gasteiger partial charge >= 0.3 is 19.4 Å². The normalized spacial score (nSPS) is 18.6. The number of aromatic amines is 1. The van der Waals surface area contributed by atoms with Gasteiger partial charge in [0.05, 0.1) is 20.8 Å². The number of ether oxygens (including phenoxy) is 3. The van der Waals surface area contributed by atoms with Gasteiger partial charge < -0.3 is 18.7 Å². The van der Waals surface area contributed by atoms with Crippen LogP contribution in [0, 0.1) is 6.92 Å². The van der Waals surface area contributed by atoms with E-state index in [0.29, 0.717) is 11.3 Å². The number of aromatic nitrogens is 2. The SMILES string of the molecule is COC(=O)[C@H](Cc1ccccc1)NP(=O)(OC[C@@H]1C=C[C@H](n2cc(C)c(=O)[nH]c2=O)O1)Oc1ccc(OC)cc1. The maximum Gasteiger partial charge on any atom is 0.459 e. The lowest BCUT2D eigenvalue weighted by Gasteiger charge is -2.25. The smallest absolute Gasteiger partial charge is 0.459 e. The fourth-order valence-corrected chi connectivity index (χ4v) is 5.42. The van der Waals surface area contributed by atoms with Crippen molar-refractivity contribution in [1.82, 2.24) is 14.6 Å². The van der Waals surface area contributed by atoms with Crippen LogP contribution in [0.15, 0.2) is 82.5 Å². The Bertz CT molecular complexity index is 1500. The lowest BCUT2D eigenvalue weighted by molar-refractivity contribution is -0.142. The Labute approximate surface area is 230 Å². The first kappa shape index (κ1) is 29.0. The summed E-state index contributed by atoms with van der Waals surface area (Å²) in [5.41, 5.74) is 0.0170. The lowest BCUT2D eigenvalue weighted by atomic mass is 10.1. The van der Waals surface area contributed by atoms with Crippen LogP contribution in [0.2, 0.25) is 0 Å². The molecule has 1 aliphatic rings. The molecule has 0 saturated heterocycles. The fraction of sp³-hybridized carbons (Fsp3) is 0.296. The third-order valence-corrected chi connectivity index (χ3v) is 7.57. The van der Waals surface area contributed by atoms with Crippen LogP contribution in [0.4, 0.5) is 0 Å². The van der Waals surface area contributed by atoms with E-state index in [-0.39, 0.29) is 18.8 Å². The van der Waals surface area contributed by atoms with Crippen LogP contribution in [0.3, 0.4) is 0 Å². The first-order valence-corrected chi connectivity index (χ1v) is 13.9. The van der Waals surface area contributed by atoms with Crippen molar-refractivity contribution in [2.75, 3.05) is 20.8 Å². The van der Waals surface area contributed by atoms with E-state index in [1.165, 1.54) is 25.0 Å². The molecular weight excluding hydrogens is 541 g/mol. The molecule has 0 radical (unpaired) electrons. The van der Waals surface area contributed by atoms with Gasteiger partial charge in [0.15, 0.2) is 6.23 Å². The van der Waals surface area contributed by atoms with Gasteiger partial charge in [0, 0.05) is 11.8 Å². The zero-order valence-electron chi connectivity index (χ0n) is 22.1. The molecular formula is C27H30N3O9P. The molecule has 1 unspecified atom stereocenters. The summed E-state index contributed by atoms with van der Waals surface area (Å²) in [6, 6.07) is 14.4. The van der Waals surface area contributed by atoms with Gasteiger partial charge in [-0.2, -0.15) is 5.09 Å². The Balaban J connectivity index is 1.52. The number of benzene rings is 2. The number of aryl methyl sites for hydroxylation is 1. The number of carbonyl (C=O) groups excluding carboxylic acids is 1. The molecule has 13 heteroatoms. The quantitative estimate of drug-likeness (QED) is 0.189. The van der Waals surface area contributed by atoms with Crippen molar-refractivity contribution in [3.05, 3.63) is 105 Å². The summed E-state index contributed by atoms with van der Waals surface area (Å²) in [6.07, 6.45) is 3.27. The van der Waals surface area contributed by atoms with Crippen LogP contribution in [-0.2, 0) is 29.8 Å². The van der Waals surface area contributed by atoms with Crippen molar-refractivity contribution in [3.63, 3.8) is 0 Å². The van der Waals surface area contributed by atoms with E-state index in [4.69, 9.17) is 23.3 Å². The van der Waals surface area contributed by atoms with E-state index < -0.39 is 43.3 Å². The van der Waals surface area contributed by atoms with E-state index in [1.54, 1.807) is 43.3 Å². The highest BCUT2D eigenvalue weighted by molar-refractivity contribution is 7.52. The maximum absolute atomic E-state index is 14.0. The Morgan fingerprint density at radius 3 is 2.45 bits per heavy atom. The van der Waals surface area contributed by atoms with Crippen LogP contribution >= 0.6 is 7.75 Å². The van der Waals surface area contributed by atoms with Gasteiger partial charge in [0.1, 0.15) is 23.6 Å². The van der Waals surface area contributed by atoms with Crippen LogP contribution in [0.25, 0.3) is 0 Å². The summed E-state index contributed by atoms with van der Waals surface area (Å²) in [7, 11) is -1.47. The molecule has 12 nitrogen and oxygen atoms in total. The van der Waals surface area contributed by atoms with E-state index in [9.17, 15) is 18.9 Å². The minimum absolute atomic E-state index is 0.156. The Kier molecular flexibility index (Phi) is 9.38. The summed E-state index contributed by atoms with van der Waals surface area (Å²) in [5, 5.41) is 2.73. The van der Waals surface area contributed by atoms with Gasteiger partial charge in [-0.1, -0.05) is 36.4 Å². The third-order valence-electron chi connectivity index (χ3n) is 6.00. The van der Waals surface area contributed by atoms with Crippen molar-refractivity contribution < 1.29 is 32.6 Å². The summed E-state index contributed by atoms with van der Waals surface area (Å²) < 4.78 is 42.7. The van der Waals surface area contributed by atoms with Gasteiger partial charge in [-0.25, -0.2) is 9.36 Å². The summed E-state index contributed by atoms with van der Waals surface area (Å²) in [6.45, 7) is 1.32. The molecule has 2 heterocycles. The Hall–Kier alpha value is -3.96. The number of nitrogens with one attached hydrogen (secondary N) is 2. The molecule has 212 valence electrons. The van der Waals surface area contributed by atoms with Gasteiger partial charge in [0.25, 0.3) is 5.56 Å².